The first-order valence-electron chi connectivity index (χ1n) is 12.6. The highest BCUT2D eigenvalue weighted by Gasteiger charge is 2.35. The molecule has 3 heterocycles. The van der Waals surface area contributed by atoms with Gasteiger partial charge in [0.1, 0.15) is 18.0 Å². The summed E-state index contributed by atoms with van der Waals surface area (Å²) in [6.45, 7) is 6.39. The highest BCUT2D eigenvalue weighted by atomic mass is 32.2. The van der Waals surface area contributed by atoms with Crippen LogP contribution in [0.1, 0.15) is 17.0 Å². The molecule has 11 heteroatoms. The van der Waals surface area contributed by atoms with Crippen molar-refractivity contribution in [3.8, 4) is 11.4 Å². The summed E-state index contributed by atoms with van der Waals surface area (Å²) in [7, 11) is 0. The van der Waals surface area contributed by atoms with Crippen LogP contribution in [0.15, 0.2) is 59.5 Å². The Kier molecular flexibility index (Phi) is 7.71. The monoisotopic (exact) mass is 548 g/mol. The van der Waals surface area contributed by atoms with Gasteiger partial charge in [0.05, 0.1) is 35.3 Å². The Balaban J connectivity index is 1.36. The number of aryl methyl sites for hydroxylation is 1. The Morgan fingerprint density at radius 1 is 1.08 bits per heavy atom. The van der Waals surface area contributed by atoms with Crippen molar-refractivity contribution >= 4 is 40.4 Å². The summed E-state index contributed by atoms with van der Waals surface area (Å²) in [6.07, 6.45) is 1.71. The van der Waals surface area contributed by atoms with Gasteiger partial charge in [0.25, 0.3) is 16.8 Å². The van der Waals surface area contributed by atoms with Crippen molar-refractivity contribution in [2.75, 3.05) is 44.4 Å². The minimum absolute atomic E-state index is 0.0299. The zero-order chi connectivity index (χ0) is 27.5. The first-order chi connectivity index (χ1) is 18.8. The number of ether oxygens (including phenoxy) is 2. The van der Waals surface area contributed by atoms with Gasteiger partial charge in [-0.15, -0.1) is 0 Å². The average Bonchev–Trinajstić information content (AvgIpc) is 3.37. The molecule has 1 aromatic heterocycles. The minimum Gasteiger partial charge on any atom is -0.492 e. The third-order valence-corrected chi connectivity index (χ3v) is 7.63. The van der Waals surface area contributed by atoms with E-state index in [-0.39, 0.29) is 34.9 Å². The number of morpholine rings is 1. The van der Waals surface area contributed by atoms with E-state index in [2.05, 4.69) is 0 Å². The van der Waals surface area contributed by atoms with Gasteiger partial charge >= 0.3 is 0 Å². The first kappa shape index (κ1) is 26.5. The molecular weight excluding hydrogens is 520 g/mol. The molecule has 0 atom stereocenters. The van der Waals surface area contributed by atoms with Gasteiger partial charge < -0.3 is 18.9 Å². The van der Waals surface area contributed by atoms with E-state index in [0.717, 1.165) is 28.7 Å². The molecule has 3 aromatic rings. The molecule has 2 fully saturated rings. The second-order valence-electron chi connectivity index (χ2n) is 9.19. The van der Waals surface area contributed by atoms with Crippen molar-refractivity contribution in [2.24, 2.45) is 0 Å². The molecule has 0 aliphatic carbocycles. The van der Waals surface area contributed by atoms with Crippen LogP contribution in [0.4, 0.5) is 16.2 Å². The van der Waals surface area contributed by atoms with E-state index in [0.29, 0.717) is 48.3 Å². The van der Waals surface area contributed by atoms with Crippen LogP contribution in [-0.4, -0.2) is 65.0 Å². The summed E-state index contributed by atoms with van der Waals surface area (Å²) in [4.78, 5) is 40.6. The van der Waals surface area contributed by atoms with E-state index >= 15 is 0 Å². The maximum absolute atomic E-state index is 13.0. The largest absolute Gasteiger partial charge is 0.492 e. The van der Waals surface area contributed by atoms with Gasteiger partial charge in [-0.3, -0.25) is 24.6 Å². The third kappa shape index (κ3) is 5.55. The summed E-state index contributed by atoms with van der Waals surface area (Å²) in [5, 5.41) is 11.6. The zero-order valence-corrected chi connectivity index (χ0v) is 22.5. The van der Waals surface area contributed by atoms with Crippen molar-refractivity contribution in [2.45, 2.75) is 13.8 Å². The Labute approximate surface area is 229 Å². The van der Waals surface area contributed by atoms with Crippen LogP contribution in [0, 0.1) is 24.0 Å². The van der Waals surface area contributed by atoms with E-state index < -0.39 is 0 Å². The van der Waals surface area contributed by atoms with Crippen LogP contribution in [0.5, 0.6) is 5.75 Å². The molecule has 0 unspecified atom stereocenters. The summed E-state index contributed by atoms with van der Waals surface area (Å²) in [5.41, 5.74) is 3.67. The van der Waals surface area contributed by atoms with E-state index in [1.54, 1.807) is 18.2 Å². The standard InChI is InChI=1S/C28H28N4O6S/c1-19-16-21(17-26-27(33)30(28(34)39-26)12-15-38-23-6-4-3-5-7-23)20(2)31(19)22-8-9-24(25(18-22)32(35)36)29-10-13-37-14-11-29/h3-9,16-18H,10-15H2,1-2H3/b26-17-. The fourth-order valence-electron chi connectivity index (χ4n) is 4.81. The van der Waals surface area contributed by atoms with Crippen LogP contribution in [-0.2, 0) is 9.53 Å². The number of para-hydroxylation sites is 1. The Bertz CT molecular complexity index is 1450. The van der Waals surface area contributed by atoms with E-state index in [1.807, 2.05) is 65.8 Å². The van der Waals surface area contributed by atoms with Gasteiger partial charge in [-0.2, -0.15) is 0 Å². The maximum Gasteiger partial charge on any atom is 0.294 e. The Morgan fingerprint density at radius 3 is 2.54 bits per heavy atom. The molecule has 202 valence electrons. The van der Waals surface area contributed by atoms with Crippen molar-refractivity contribution in [3.63, 3.8) is 0 Å². The van der Waals surface area contributed by atoms with Gasteiger partial charge in [0.15, 0.2) is 0 Å². The number of aromatic nitrogens is 1. The molecule has 2 aliphatic rings. The lowest BCUT2D eigenvalue weighted by Crippen LogP contribution is -2.36. The van der Waals surface area contributed by atoms with Gasteiger partial charge in [-0.1, -0.05) is 18.2 Å². The highest BCUT2D eigenvalue weighted by molar-refractivity contribution is 8.18. The van der Waals surface area contributed by atoms with Crippen molar-refractivity contribution < 1.29 is 24.0 Å². The number of anilines is 1. The number of imide groups is 1. The van der Waals surface area contributed by atoms with Crippen LogP contribution < -0.4 is 9.64 Å². The van der Waals surface area contributed by atoms with Gasteiger partial charge in [0, 0.05) is 30.5 Å². The van der Waals surface area contributed by atoms with E-state index in [4.69, 9.17) is 9.47 Å². The Morgan fingerprint density at radius 2 is 1.82 bits per heavy atom. The molecule has 0 bridgehead atoms. The van der Waals surface area contributed by atoms with Gasteiger partial charge in [-0.25, -0.2) is 0 Å². The number of carbonyl (C=O) groups excluding carboxylic acids is 2. The smallest absolute Gasteiger partial charge is 0.294 e. The summed E-state index contributed by atoms with van der Waals surface area (Å²) in [6, 6.07) is 16.3. The molecule has 2 amide bonds. The molecule has 10 nitrogen and oxygen atoms in total. The minimum atomic E-state index is -0.364. The normalized spacial score (nSPS) is 16.8. The number of thioether (sulfide) groups is 1. The quantitative estimate of drug-likeness (QED) is 0.221. The molecule has 0 spiro atoms. The van der Waals surface area contributed by atoms with Crippen molar-refractivity contribution in [3.05, 3.63) is 86.6 Å². The van der Waals surface area contributed by atoms with Crippen molar-refractivity contribution in [1.29, 1.82) is 0 Å². The average molecular weight is 549 g/mol. The molecule has 0 N–H and O–H groups in total. The highest BCUT2D eigenvalue weighted by Crippen LogP contribution is 2.35. The van der Waals surface area contributed by atoms with E-state index in [9.17, 15) is 19.7 Å². The fraction of sp³-hybridized carbons (Fsp3) is 0.286. The molecule has 0 saturated carbocycles. The number of hydrogen-bond donors (Lipinski definition) is 0. The third-order valence-electron chi connectivity index (χ3n) is 6.72. The number of hydrogen-bond acceptors (Lipinski definition) is 8. The number of nitro benzene ring substituents is 1. The molecule has 0 radical (unpaired) electrons. The molecule has 5 rings (SSSR count). The lowest BCUT2D eigenvalue weighted by atomic mass is 10.2. The number of carbonyl (C=O) groups is 2. The summed E-state index contributed by atoms with van der Waals surface area (Å²) < 4.78 is 12.9. The number of nitrogens with zero attached hydrogens (tertiary/aromatic N) is 4. The van der Waals surface area contributed by atoms with Crippen LogP contribution in [0.25, 0.3) is 11.8 Å². The molecule has 2 aromatic carbocycles. The van der Waals surface area contributed by atoms with Crippen LogP contribution >= 0.6 is 11.8 Å². The maximum atomic E-state index is 13.0. The zero-order valence-electron chi connectivity index (χ0n) is 21.7. The number of benzene rings is 2. The second kappa shape index (κ2) is 11.3. The van der Waals surface area contributed by atoms with Crippen molar-refractivity contribution in [1.82, 2.24) is 9.47 Å². The molecule has 2 aliphatic heterocycles. The fourth-order valence-corrected chi connectivity index (χ4v) is 5.66. The number of rotatable bonds is 8. The van der Waals surface area contributed by atoms with E-state index in [1.165, 1.54) is 4.90 Å². The first-order valence-corrected chi connectivity index (χ1v) is 13.4. The molecule has 2 saturated heterocycles. The van der Waals surface area contributed by atoms with Gasteiger partial charge in [-0.05, 0) is 67.6 Å². The van der Waals surface area contributed by atoms with Crippen LogP contribution in [0.2, 0.25) is 0 Å². The predicted octanol–water partition coefficient (Wildman–Crippen LogP) is 4.95. The second-order valence-corrected chi connectivity index (χ2v) is 10.2. The Hall–Kier alpha value is -4.09. The summed E-state index contributed by atoms with van der Waals surface area (Å²) >= 11 is 0.895. The number of amides is 2. The number of nitro groups is 1. The van der Waals surface area contributed by atoms with Crippen LogP contribution in [0.3, 0.4) is 0 Å². The predicted molar refractivity (Wildman–Crippen MR) is 150 cm³/mol. The van der Waals surface area contributed by atoms with Gasteiger partial charge in [0.2, 0.25) is 0 Å². The SMILES string of the molecule is Cc1cc(/C=C2\SC(=O)N(CCOc3ccccc3)C2=O)c(C)n1-c1ccc(N2CCOCC2)c([N+](=O)[O-])c1. The molecular formula is C28H28N4O6S. The topological polar surface area (TPSA) is 107 Å². The summed E-state index contributed by atoms with van der Waals surface area (Å²) in [5.74, 6) is 0.308. The lowest BCUT2D eigenvalue weighted by Gasteiger charge is -2.28. The lowest BCUT2D eigenvalue weighted by molar-refractivity contribution is -0.384. The molecule has 39 heavy (non-hydrogen) atoms.